The molecule has 1 amide bonds. The van der Waals surface area contributed by atoms with Crippen molar-refractivity contribution in [1.82, 2.24) is 5.32 Å². The van der Waals surface area contributed by atoms with E-state index in [1.807, 2.05) is 6.92 Å². The molecule has 3 rings (SSSR count). The van der Waals surface area contributed by atoms with E-state index in [2.05, 4.69) is 11.9 Å². The topological polar surface area (TPSA) is 103 Å². The zero-order valence-corrected chi connectivity index (χ0v) is 17.5. The van der Waals surface area contributed by atoms with Crippen molar-refractivity contribution in [3.8, 4) is 5.75 Å². The molecule has 0 bridgehead atoms. The van der Waals surface area contributed by atoms with Gasteiger partial charge in [0.1, 0.15) is 17.9 Å². The van der Waals surface area contributed by atoms with Gasteiger partial charge in [0.15, 0.2) is 9.84 Å². The normalized spacial score (nSPS) is 17.4. The highest BCUT2D eigenvalue weighted by molar-refractivity contribution is 7.94. The van der Waals surface area contributed by atoms with Crippen molar-refractivity contribution in [3.05, 3.63) is 62.3 Å². The molecule has 1 atom stereocenters. The Morgan fingerprint density at radius 1 is 1.41 bits per heavy atom. The maximum absolute atomic E-state index is 12.4. The Balaban J connectivity index is 1.86. The smallest absolute Gasteiger partial charge is 0.340 e. The third-order valence-electron chi connectivity index (χ3n) is 4.43. The van der Waals surface area contributed by atoms with Gasteiger partial charge in [0.2, 0.25) is 5.91 Å². The summed E-state index contributed by atoms with van der Waals surface area (Å²) in [6, 6.07) is 2.55. The number of hydrogen-bond acceptors (Lipinski definition) is 6. The number of amides is 1. The lowest BCUT2D eigenvalue weighted by atomic mass is 10.0. The van der Waals surface area contributed by atoms with Crippen LogP contribution >= 0.6 is 11.6 Å². The van der Waals surface area contributed by atoms with Crippen LogP contribution in [0.1, 0.15) is 18.1 Å². The van der Waals surface area contributed by atoms with Gasteiger partial charge in [-0.05, 0) is 37.1 Å². The highest BCUT2D eigenvalue weighted by Gasteiger charge is 2.24. The van der Waals surface area contributed by atoms with Crippen LogP contribution in [0.3, 0.4) is 0 Å². The van der Waals surface area contributed by atoms with Crippen LogP contribution in [-0.4, -0.2) is 32.7 Å². The van der Waals surface area contributed by atoms with Gasteiger partial charge in [-0.3, -0.25) is 4.79 Å². The number of nitrogens with one attached hydrogen (secondary N) is 1. The molecular formula is C20H20ClNO6S. The highest BCUT2D eigenvalue weighted by atomic mass is 35.5. The molecule has 2 aromatic rings. The Morgan fingerprint density at radius 2 is 2.14 bits per heavy atom. The van der Waals surface area contributed by atoms with E-state index >= 15 is 0 Å². The number of carbonyl (C=O) groups is 1. The van der Waals surface area contributed by atoms with Gasteiger partial charge in [-0.1, -0.05) is 18.2 Å². The second-order valence-corrected chi connectivity index (χ2v) is 9.36. The van der Waals surface area contributed by atoms with Gasteiger partial charge in [-0.2, -0.15) is 0 Å². The maximum atomic E-state index is 12.4. The van der Waals surface area contributed by atoms with Crippen LogP contribution in [0.2, 0.25) is 5.02 Å². The predicted octanol–water partition coefficient (Wildman–Crippen LogP) is 2.68. The third kappa shape index (κ3) is 4.89. The summed E-state index contributed by atoms with van der Waals surface area (Å²) in [7, 11) is -3.29. The molecule has 1 aliphatic rings. The number of hydrogen-bond donors (Lipinski definition) is 1. The van der Waals surface area contributed by atoms with Crippen LogP contribution in [0.25, 0.3) is 11.0 Å². The van der Waals surface area contributed by atoms with E-state index in [0.717, 1.165) is 11.0 Å². The molecule has 0 saturated carbocycles. The van der Waals surface area contributed by atoms with Crippen LogP contribution in [0.15, 0.2) is 45.0 Å². The molecular weight excluding hydrogens is 418 g/mol. The van der Waals surface area contributed by atoms with E-state index in [1.54, 1.807) is 13.0 Å². The van der Waals surface area contributed by atoms with Crippen LogP contribution in [0.5, 0.6) is 5.75 Å². The largest absolute Gasteiger partial charge is 0.488 e. The number of benzene rings is 1. The number of sulfone groups is 1. The maximum Gasteiger partial charge on any atom is 0.340 e. The van der Waals surface area contributed by atoms with Crippen molar-refractivity contribution >= 4 is 38.3 Å². The molecule has 29 heavy (non-hydrogen) atoms. The number of ether oxygens (including phenoxy) is 1. The molecule has 0 fully saturated rings. The first-order valence-corrected chi connectivity index (χ1v) is 10.9. The molecule has 0 radical (unpaired) electrons. The van der Waals surface area contributed by atoms with Crippen molar-refractivity contribution in [2.24, 2.45) is 0 Å². The monoisotopic (exact) mass is 437 g/mol. The first-order valence-electron chi connectivity index (χ1n) is 8.79. The fourth-order valence-corrected chi connectivity index (χ4v) is 4.44. The van der Waals surface area contributed by atoms with Gasteiger partial charge >= 0.3 is 5.63 Å². The highest BCUT2D eigenvalue weighted by Crippen LogP contribution is 2.32. The average molecular weight is 438 g/mol. The summed E-state index contributed by atoms with van der Waals surface area (Å²) >= 11 is 6.28. The average Bonchev–Trinajstić information content (AvgIpc) is 2.96. The Bertz CT molecular complexity index is 1200. The summed E-state index contributed by atoms with van der Waals surface area (Å²) in [4.78, 5) is 24.8. The van der Waals surface area contributed by atoms with Crippen LogP contribution in [-0.2, 0) is 21.1 Å². The molecule has 1 N–H and O–H groups in total. The molecule has 1 aromatic heterocycles. The molecule has 7 nitrogen and oxygen atoms in total. The minimum atomic E-state index is -3.29. The second kappa shape index (κ2) is 8.04. The Morgan fingerprint density at radius 3 is 2.76 bits per heavy atom. The first-order chi connectivity index (χ1) is 13.6. The lowest BCUT2D eigenvalue weighted by molar-refractivity contribution is -0.120. The molecule has 0 unspecified atom stereocenters. The Hall–Kier alpha value is -2.58. The van der Waals surface area contributed by atoms with Gasteiger partial charge < -0.3 is 14.5 Å². The van der Waals surface area contributed by atoms with Crippen LogP contribution in [0.4, 0.5) is 0 Å². The molecule has 0 spiro atoms. The molecule has 1 aromatic carbocycles. The third-order valence-corrected chi connectivity index (χ3v) is 6.12. The number of carbonyl (C=O) groups excluding carboxylic acids is 1. The van der Waals surface area contributed by atoms with Gasteiger partial charge in [0.05, 0.1) is 28.8 Å². The lowest BCUT2D eigenvalue weighted by Crippen LogP contribution is -2.37. The fraction of sp³-hybridized carbons (Fsp3) is 0.300. The number of halogens is 1. The van der Waals surface area contributed by atoms with Crippen molar-refractivity contribution < 1.29 is 22.4 Å². The number of fused-ring (bicyclic) bond motifs is 1. The van der Waals surface area contributed by atoms with Gasteiger partial charge in [-0.15, -0.1) is 0 Å². The van der Waals surface area contributed by atoms with Gasteiger partial charge in [-0.25, -0.2) is 13.2 Å². The van der Waals surface area contributed by atoms with E-state index in [9.17, 15) is 18.0 Å². The molecule has 9 heteroatoms. The summed E-state index contributed by atoms with van der Waals surface area (Å²) in [6.45, 7) is 7.55. The van der Waals surface area contributed by atoms with Crippen LogP contribution in [0, 0.1) is 6.92 Å². The standard InChI is InChI=1S/C20H20ClNO6S/c1-11(2)9-27-18-8-17-14(6-16(18)21)12(3)15(20(24)28-17)7-19(23)22-13-4-5-29(25,26)10-13/h4-6,8,13H,1,7,9-10H2,2-3H3,(H,22,23)/t13-/m0/s1. The quantitative estimate of drug-likeness (QED) is 0.550. The molecule has 154 valence electrons. The van der Waals surface area contributed by atoms with Gasteiger partial charge in [0, 0.05) is 16.9 Å². The van der Waals surface area contributed by atoms with Gasteiger partial charge in [0.25, 0.3) is 0 Å². The summed E-state index contributed by atoms with van der Waals surface area (Å²) in [5, 5.41) is 4.59. The number of rotatable bonds is 6. The van der Waals surface area contributed by atoms with E-state index in [0.29, 0.717) is 27.3 Å². The Kier molecular flexibility index (Phi) is 5.86. The van der Waals surface area contributed by atoms with Crippen molar-refractivity contribution in [1.29, 1.82) is 0 Å². The fourth-order valence-electron chi connectivity index (χ4n) is 2.99. The summed E-state index contributed by atoms with van der Waals surface area (Å²) in [6.07, 6.45) is 1.18. The summed E-state index contributed by atoms with van der Waals surface area (Å²) < 4.78 is 33.8. The van der Waals surface area contributed by atoms with Crippen molar-refractivity contribution in [3.63, 3.8) is 0 Å². The van der Waals surface area contributed by atoms with Crippen LogP contribution < -0.4 is 15.7 Å². The number of aryl methyl sites for hydroxylation is 1. The Labute approximate surface area is 172 Å². The van der Waals surface area contributed by atoms with E-state index in [4.69, 9.17) is 20.8 Å². The predicted molar refractivity (Wildman–Crippen MR) is 111 cm³/mol. The lowest BCUT2D eigenvalue weighted by Gasteiger charge is -2.13. The zero-order chi connectivity index (χ0) is 21.3. The van der Waals surface area contributed by atoms with Crippen molar-refractivity contribution in [2.45, 2.75) is 26.3 Å². The minimum Gasteiger partial charge on any atom is -0.488 e. The molecule has 0 aliphatic carbocycles. The molecule has 0 saturated heterocycles. The van der Waals surface area contributed by atoms with E-state index in [-0.39, 0.29) is 24.3 Å². The summed E-state index contributed by atoms with van der Waals surface area (Å²) in [5.41, 5.74) is 1.21. The molecule has 1 aliphatic heterocycles. The SMILES string of the molecule is C=C(C)COc1cc2oc(=O)c(CC(=O)N[C@H]3C=CS(=O)(=O)C3)c(C)c2cc1Cl. The van der Waals surface area contributed by atoms with E-state index < -0.39 is 27.4 Å². The second-order valence-electron chi connectivity index (χ2n) is 7.03. The summed E-state index contributed by atoms with van der Waals surface area (Å²) in [5.74, 6) is -0.296. The zero-order valence-electron chi connectivity index (χ0n) is 16.0. The minimum absolute atomic E-state index is 0.187. The van der Waals surface area contributed by atoms with E-state index in [1.165, 1.54) is 12.1 Å². The molecule has 2 heterocycles. The van der Waals surface area contributed by atoms with Crippen molar-refractivity contribution in [2.75, 3.05) is 12.4 Å². The first kappa shape index (κ1) is 21.1.